The van der Waals surface area contributed by atoms with Crippen LogP contribution in [-0.2, 0) is 6.54 Å². The minimum Gasteiger partial charge on any atom is -0.326 e. The van der Waals surface area contributed by atoms with Crippen molar-refractivity contribution in [3.05, 3.63) is 52.2 Å². The Hall–Kier alpha value is -1.03. The molecule has 94 valence electrons. The van der Waals surface area contributed by atoms with Crippen LogP contribution in [0.1, 0.15) is 16.7 Å². The molecular formula is C14H15ClN2S. The van der Waals surface area contributed by atoms with Gasteiger partial charge in [0.2, 0.25) is 0 Å². The number of halogens is 1. The van der Waals surface area contributed by atoms with E-state index in [1.54, 1.807) is 18.0 Å². The Morgan fingerprint density at radius 3 is 2.78 bits per heavy atom. The first-order valence-electron chi connectivity index (χ1n) is 5.70. The lowest BCUT2D eigenvalue weighted by atomic mass is 10.2. The highest BCUT2D eigenvalue weighted by Gasteiger charge is 2.09. The van der Waals surface area contributed by atoms with Gasteiger partial charge < -0.3 is 5.73 Å². The summed E-state index contributed by atoms with van der Waals surface area (Å²) in [6.45, 7) is 4.60. The third-order valence-corrected chi connectivity index (χ3v) is 4.40. The number of aromatic nitrogens is 1. The second kappa shape index (κ2) is 5.74. The van der Waals surface area contributed by atoms with E-state index in [1.165, 1.54) is 16.0 Å². The van der Waals surface area contributed by atoms with Crippen LogP contribution in [0, 0.1) is 13.8 Å². The Balaban J connectivity index is 2.37. The van der Waals surface area contributed by atoms with E-state index in [9.17, 15) is 0 Å². The summed E-state index contributed by atoms with van der Waals surface area (Å²) in [6, 6.07) is 8.21. The summed E-state index contributed by atoms with van der Waals surface area (Å²) < 4.78 is 0. The molecule has 1 heterocycles. The summed E-state index contributed by atoms with van der Waals surface area (Å²) in [5.74, 6) is 0. The summed E-state index contributed by atoms with van der Waals surface area (Å²) in [5.41, 5.74) is 9.03. The Kier molecular flexibility index (Phi) is 4.27. The van der Waals surface area contributed by atoms with Crippen LogP contribution in [0.25, 0.3) is 0 Å². The van der Waals surface area contributed by atoms with Crippen molar-refractivity contribution >= 4 is 23.4 Å². The van der Waals surface area contributed by atoms with Crippen LogP contribution in [0.15, 0.2) is 40.4 Å². The zero-order valence-corrected chi connectivity index (χ0v) is 12.0. The Morgan fingerprint density at radius 2 is 2.06 bits per heavy atom. The van der Waals surface area contributed by atoms with E-state index in [2.05, 4.69) is 37.0 Å². The van der Waals surface area contributed by atoms with Gasteiger partial charge in [-0.15, -0.1) is 0 Å². The second-order valence-electron chi connectivity index (χ2n) is 4.16. The molecule has 0 fully saturated rings. The molecule has 2 aromatic rings. The zero-order valence-electron chi connectivity index (χ0n) is 10.4. The van der Waals surface area contributed by atoms with E-state index >= 15 is 0 Å². The lowest BCUT2D eigenvalue weighted by Crippen LogP contribution is -1.98. The number of aryl methyl sites for hydroxylation is 2. The van der Waals surface area contributed by atoms with Crippen molar-refractivity contribution in [3.8, 4) is 0 Å². The van der Waals surface area contributed by atoms with Crippen molar-refractivity contribution in [1.82, 2.24) is 4.98 Å². The van der Waals surface area contributed by atoms with Gasteiger partial charge in [0, 0.05) is 17.6 Å². The number of hydrogen-bond acceptors (Lipinski definition) is 3. The third kappa shape index (κ3) is 2.86. The first-order valence-corrected chi connectivity index (χ1v) is 6.90. The van der Waals surface area contributed by atoms with Crippen molar-refractivity contribution in [2.45, 2.75) is 30.3 Å². The SMILES string of the molecule is Cc1ccc(C)c(Sc2nccc(CN)c2Cl)c1. The van der Waals surface area contributed by atoms with Gasteiger partial charge in [0.05, 0.1) is 5.02 Å². The van der Waals surface area contributed by atoms with Crippen LogP contribution in [0.2, 0.25) is 5.02 Å². The predicted octanol–water partition coefficient (Wildman–Crippen LogP) is 3.96. The Bertz CT molecular complexity index is 570. The zero-order chi connectivity index (χ0) is 13.1. The van der Waals surface area contributed by atoms with Gasteiger partial charge in [0.25, 0.3) is 0 Å². The summed E-state index contributed by atoms with van der Waals surface area (Å²) in [6.07, 6.45) is 1.75. The van der Waals surface area contributed by atoms with Crippen molar-refractivity contribution < 1.29 is 0 Å². The summed E-state index contributed by atoms with van der Waals surface area (Å²) in [7, 11) is 0. The van der Waals surface area contributed by atoms with Gasteiger partial charge in [-0.1, -0.05) is 35.5 Å². The monoisotopic (exact) mass is 278 g/mol. The molecule has 0 saturated heterocycles. The van der Waals surface area contributed by atoms with E-state index in [0.717, 1.165) is 10.6 Å². The van der Waals surface area contributed by atoms with Crippen LogP contribution >= 0.6 is 23.4 Å². The summed E-state index contributed by atoms with van der Waals surface area (Å²) in [5, 5.41) is 1.47. The maximum Gasteiger partial charge on any atom is 0.120 e. The van der Waals surface area contributed by atoms with Crippen molar-refractivity contribution in [3.63, 3.8) is 0 Å². The Labute approximate surface area is 117 Å². The molecule has 0 aliphatic carbocycles. The molecule has 0 aliphatic heterocycles. The van der Waals surface area contributed by atoms with Crippen LogP contribution in [-0.4, -0.2) is 4.98 Å². The van der Waals surface area contributed by atoms with Gasteiger partial charge in [0.15, 0.2) is 0 Å². The number of rotatable bonds is 3. The smallest absolute Gasteiger partial charge is 0.120 e. The van der Waals surface area contributed by atoms with Gasteiger partial charge in [-0.2, -0.15) is 0 Å². The molecule has 2 rings (SSSR count). The van der Waals surface area contributed by atoms with E-state index in [4.69, 9.17) is 17.3 Å². The fourth-order valence-corrected chi connectivity index (χ4v) is 2.93. The predicted molar refractivity (Wildman–Crippen MR) is 77.2 cm³/mol. The van der Waals surface area contributed by atoms with E-state index in [-0.39, 0.29) is 0 Å². The second-order valence-corrected chi connectivity index (χ2v) is 5.57. The minimum absolute atomic E-state index is 0.432. The molecule has 2 nitrogen and oxygen atoms in total. The number of nitrogens with two attached hydrogens (primary N) is 1. The molecule has 0 atom stereocenters. The first-order chi connectivity index (χ1) is 8.61. The molecule has 2 N–H and O–H groups in total. The molecule has 1 aromatic carbocycles. The average molecular weight is 279 g/mol. The quantitative estimate of drug-likeness (QED) is 0.924. The molecule has 18 heavy (non-hydrogen) atoms. The molecule has 0 spiro atoms. The van der Waals surface area contributed by atoms with Crippen LogP contribution < -0.4 is 5.73 Å². The first kappa shape index (κ1) is 13.4. The molecule has 0 aliphatic rings. The highest BCUT2D eigenvalue weighted by molar-refractivity contribution is 7.99. The van der Waals surface area contributed by atoms with Crippen molar-refractivity contribution in [1.29, 1.82) is 0 Å². The normalized spacial score (nSPS) is 10.7. The standard InChI is InChI=1S/C14H15ClN2S/c1-9-3-4-10(2)12(7-9)18-14-13(15)11(8-16)5-6-17-14/h3-7H,8,16H2,1-2H3. The molecule has 4 heteroatoms. The average Bonchev–Trinajstić information content (AvgIpc) is 2.36. The highest BCUT2D eigenvalue weighted by atomic mass is 35.5. The maximum atomic E-state index is 6.29. The lowest BCUT2D eigenvalue weighted by molar-refractivity contribution is 1.02. The van der Waals surface area contributed by atoms with Crippen LogP contribution in [0.3, 0.4) is 0 Å². The summed E-state index contributed by atoms with van der Waals surface area (Å²) in [4.78, 5) is 5.51. The Morgan fingerprint density at radius 1 is 1.28 bits per heavy atom. The fraction of sp³-hybridized carbons (Fsp3) is 0.214. The van der Waals surface area contributed by atoms with E-state index in [1.807, 2.05) is 6.07 Å². The number of benzene rings is 1. The summed E-state index contributed by atoms with van der Waals surface area (Å²) >= 11 is 7.87. The minimum atomic E-state index is 0.432. The number of pyridine rings is 1. The molecular weight excluding hydrogens is 264 g/mol. The van der Waals surface area contributed by atoms with Crippen LogP contribution in [0.5, 0.6) is 0 Å². The molecule has 0 bridgehead atoms. The van der Waals surface area contributed by atoms with Crippen molar-refractivity contribution in [2.75, 3.05) is 0 Å². The van der Waals surface area contributed by atoms with Crippen LogP contribution in [0.4, 0.5) is 0 Å². The van der Waals surface area contributed by atoms with Gasteiger partial charge in [-0.25, -0.2) is 4.98 Å². The molecule has 0 saturated carbocycles. The maximum absolute atomic E-state index is 6.29. The van der Waals surface area contributed by atoms with Crippen molar-refractivity contribution in [2.24, 2.45) is 5.73 Å². The number of nitrogens with zero attached hydrogens (tertiary/aromatic N) is 1. The van der Waals surface area contributed by atoms with E-state index < -0.39 is 0 Å². The number of hydrogen-bond donors (Lipinski definition) is 1. The van der Waals surface area contributed by atoms with Gasteiger partial charge in [-0.05, 0) is 42.7 Å². The molecule has 0 unspecified atom stereocenters. The van der Waals surface area contributed by atoms with Gasteiger partial charge >= 0.3 is 0 Å². The molecule has 0 radical (unpaired) electrons. The largest absolute Gasteiger partial charge is 0.326 e. The van der Waals surface area contributed by atoms with Gasteiger partial charge in [0.1, 0.15) is 5.03 Å². The third-order valence-electron chi connectivity index (χ3n) is 2.71. The highest BCUT2D eigenvalue weighted by Crippen LogP contribution is 2.35. The lowest BCUT2D eigenvalue weighted by Gasteiger charge is -2.09. The fourth-order valence-electron chi connectivity index (χ4n) is 1.61. The molecule has 0 amide bonds. The van der Waals surface area contributed by atoms with E-state index in [0.29, 0.717) is 11.6 Å². The molecule has 1 aromatic heterocycles. The van der Waals surface area contributed by atoms with Gasteiger partial charge in [-0.3, -0.25) is 0 Å². The topological polar surface area (TPSA) is 38.9 Å².